The van der Waals surface area contributed by atoms with Crippen LogP contribution in [0.25, 0.3) is 6.08 Å². The first kappa shape index (κ1) is 24.7. The quantitative estimate of drug-likeness (QED) is 0.385. The number of barbiturate groups is 1. The maximum Gasteiger partial charge on any atom is 0.335 e. The van der Waals surface area contributed by atoms with E-state index < -0.39 is 17.8 Å². The number of nitrogens with one attached hydrogen (secondary N) is 1. The Morgan fingerprint density at radius 3 is 2.22 bits per heavy atom. The predicted molar refractivity (Wildman–Crippen MR) is 138 cm³/mol. The first-order valence-corrected chi connectivity index (χ1v) is 11.5. The molecule has 7 heteroatoms. The molecule has 1 fully saturated rings. The molecule has 3 aromatic carbocycles. The van der Waals surface area contributed by atoms with E-state index in [0.29, 0.717) is 29.4 Å². The Bertz CT molecular complexity index is 1390. The number of ether oxygens (including phenoxy) is 2. The largest absolute Gasteiger partial charge is 0.493 e. The highest BCUT2D eigenvalue weighted by molar-refractivity contribution is 6.39. The van der Waals surface area contributed by atoms with Gasteiger partial charge in [0, 0.05) is 0 Å². The van der Waals surface area contributed by atoms with Crippen LogP contribution in [0.5, 0.6) is 11.5 Å². The molecule has 3 aromatic rings. The number of aryl methyl sites for hydroxylation is 4. The van der Waals surface area contributed by atoms with Crippen LogP contribution < -0.4 is 19.7 Å². The molecule has 1 heterocycles. The second-order valence-electron chi connectivity index (χ2n) is 8.94. The minimum Gasteiger partial charge on any atom is -0.493 e. The number of methoxy groups -OCH3 is 1. The molecule has 0 unspecified atom stereocenters. The van der Waals surface area contributed by atoms with Crippen molar-refractivity contribution < 1.29 is 23.9 Å². The van der Waals surface area contributed by atoms with Crippen LogP contribution in [0.1, 0.15) is 33.4 Å². The van der Waals surface area contributed by atoms with Gasteiger partial charge in [-0.15, -0.1) is 0 Å². The molecule has 0 saturated carbocycles. The molecular formula is C29H28N2O5. The Kier molecular flexibility index (Phi) is 6.92. The lowest BCUT2D eigenvalue weighted by molar-refractivity contribution is -0.122. The van der Waals surface area contributed by atoms with Crippen LogP contribution in [-0.4, -0.2) is 25.0 Å². The molecule has 0 spiro atoms. The van der Waals surface area contributed by atoms with Crippen LogP contribution in [0.2, 0.25) is 0 Å². The second-order valence-corrected chi connectivity index (χ2v) is 8.94. The van der Waals surface area contributed by atoms with E-state index in [1.807, 2.05) is 39.8 Å². The number of nitrogens with zero attached hydrogens (tertiary/aromatic N) is 1. The van der Waals surface area contributed by atoms with Gasteiger partial charge in [0.1, 0.15) is 12.2 Å². The van der Waals surface area contributed by atoms with Gasteiger partial charge in [0.25, 0.3) is 11.8 Å². The van der Waals surface area contributed by atoms with Gasteiger partial charge in [-0.1, -0.05) is 53.1 Å². The Morgan fingerprint density at radius 1 is 0.833 bits per heavy atom. The van der Waals surface area contributed by atoms with Crippen molar-refractivity contribution >= 4 is 29.6 Å². The van der Waals surface area contributed by atoms with Gasteiger partial charge in [-0.05, 0) is 68.7 Å². The summed E-state index contributed by atoms with van der Waals surface area (Å²) < 4.78 is 11.5. The van der Waals surface area contributed by atoms with Crippen molar-refractivity contribution in [2.75, 3.05) is 12.0 Å². The molecule has 7 nitrogen and oxygen atoms in total. The lowest BCUT2D eigenvalue weighted by Gasteiger charge is -2.27. The van der Waals surface area contributed by atoms with Crippen molar-refractivity contribution in [2.24, 2.45) is 0 Å². The van der Waals surface area contributed by atoms with E-state index in [1.54, 1.807) is 24.3 Å². The summed E-state index contributed by atoms with van der Waals surface area (Å²) in [5.41, 5.74) is 5.94. The van der Waals surface area contributed by atoms with Gasteiger partial charge in [-0.2, -0.15) is 0 Å². The average molecular weight is 485 g/mol. The Balaban J connectivity index is 1.61. The Labute approximate surface area is 210 Å². The van der Waals surface area contributed by atoms with E-state index in [0.717, 1.165) is 32.7 Å². The van der Waals surface area contributed by atoms with E-state index in [9.17, 15) is 14.4 Å². The molecule has 1 N–H and O–H groups in total. The number of hydrogen-bond acceptors (Lipinski definition) is 5. The highest BCUT2D eigenvalue weighted by Gasteiger charge is 2.37. The molecule has 36 heavy (non-hydrogen) atoms. The SMILES string of the molecule is COc1cc(/C=C2\C(=O)NC(=O)N(c3ccc(C)cc3C)C2=O)ccc1OCc1cc(C)cc(C)c1. The fraction of sp³-hybridized carbons (Fsp3) is 0.207. The van der Waals surface area contributed by atoms with Gasteiger partial charge in [0.05, 0.1) is 12.8 Å². The third kappa shape index (κ3) is 5.15. The first-order valence-electron chi connectivity index (χ1n) is 11.5. The molecule has 1 saturated heterocycles. The summed E-state index contributed by atoms with van der Waals surface area (Å²) in [5, 5.41) is 2.26. The average Bonchev–Trinajstić information content (AvgIpc) is 2.81. The Morgan fingerprint density at radius 2 is 1.56 bits per heavy atom. The molecule has 0 aromatic heterocycles. The summed E-state index contributed by atoms with van der Waals surface area (Å²) in [5.74, 6) is -0.449. The molecular weight excluding hydrogens is 456 g/mol. The van der Waals surface area contributed by atoms with Crippen molar-refractivity contribution in [2.45, 2.75) is 34.3 Å². The van der Waals surface area contributed by atoms with Gasteiger partial charge < -0.3 is 9.47 Å². The first-order chi connectivity index (χ1) is 17.2. The predicted octanol–water partition coefficient (Wildman–Crippen LogP) is 5.17. The van der Waals surface area contributed by atoms with Crippen molar-refractivity contribution in [1.29, 1.82) is 0 Å². The van der Waals surface area contributed by atoms with Gasteiger partial charge in [-0.25, -0.2) is 9.69 Å². The maximum absolute atomic E-state index is 13.2. The molecule has 0 atom stereocenters. The number of hydrogen-bond donors (Lipinski definition) is 1. The molecule has 1 aliphatic heterocycles. The number of anilines is 1. The van der Waals surface area contributed by atoms with Crippen molar-refractivity contribution in [3.8, 4) is 11.5 Å². The number of urea groups is 1. The fourth-order valence-electron chi connectivity index (χ4n) is 4.31. The van der Waals surface area contributed by atoms with Crippen LogP contribution in [-0.2, 0) is 16.2 Å². The van der Waals surface area contributed by atoms with Crippen molar-refractivity contribution in [1.82, 2.24) is 5.32 Å². The molecule has 4 rings (SSSR count). The molecule has 184 valence electrons. The molecule has 4 amide bonds. The van der Waals surface area contributed by atoms with Gasteiger partial charge >= 0.3 is 6.03 Å². The number of carbonyl (C=O) groups excluding carboxylic acids is 3. The van der Waals surface area contributed by atoms with Crippen LogP contribution in [0, 0.1) is 27.7 Å². The fourth-order valence-corrected chi connectivity index (χ4v) is 4.31. The lowest BCUT2D eigenvalue weighted by Crippen LogP contribution is -2.54. The number of rotatable bonds is 6. The van der Waals surface area contributed by atoms with Gasteiger partial charge in [0.2, 0.25) is 0 Å². The zero-order chi connectivity index (χ0) is 26.0. The lowest BCUT2D eigenvalue weighted by atomic mass is 10.0. The Hall–Kier alpha value is -4.39. The summed E-state index contributed by atoms with van der Waals surface area (Å²) >= 11 is 0. The van der Waals surface area contributed by atoms with Crippen LogP contribution in [0.15, 0.2) is 60.2 Å². The minimum absolute atomic E-state index is 0.152. The normalized spacial score (nSPS) is 14.8. The summed E-state index contributed by atoms with van der Waals surface area (Å²) in [6, 6.07) is 16.0. The van der Waals surface area contributed by atoms with Crippen LogP contribution in [0.4, 0.5) is 10.5 Å². The highest BCUT2D eigenvalue weighted by atomic mass is 16.5. The van der Waals surface area contributed by atoms with Crippen LogP contribution in [0.3, 0.4) is 0 Å². The van der Waals surface area contributed by atoms with E-state index >= 15 is 0 Å². The highest BCUT2D eigenvalue weighted by Crippen LogP contribution is 2.31. The number of amides is 4. The zero-order valence-corrected chi connectivity index (χ0v) is 21.0. The smallest absolute Gasteiger partial charge is 0.335 e. The summed E-state index contributed by atoms with van der Waals surface area (Å²) in [7, 11) is 1.52. The minimum atomic E-state index is -0.776. The van der Waals surface area contributed by atoms with Crippen molar-refractivity contribution in [3.63, 3.8) is 0 Å². The standard InChI is InChI=1S/C29H28N2O5/c1-17-6-8-24(20(4)11-17)31-28(33)23(27(32)30-29(31)34)14-21-7-9-25(26(15-21)35-5)36-16-22-12-18(2)10-19(3)13-22/h6-15H,16H2,1-5H3,(H,30,32,34)/b23-14+. The number of benzene rings is 3. The number of carbonyl (C=O) groups is 3. The molecule has 0 aliphatic carbocycles. The summed E-state index contributed by atoms with van der Waals surface area (Å²) in [6.07, 6.45) is 1.44. The van der Waals surface area contributed by atoms with Gasteiger partial charge in [0.15, 0.2) is 11.5 Å². The number of imide groups is 2. The monoisotopic (exact) mass is 484 g/mol. The maximum atomic E-state index is 13.2. The van der Waals surface area contributed by atoms with E-state index in [2.05, 4.69) is 23.5 Å². The van der Waals surface area contributed by atoms with Crippen LogP contribution >= 0.6 is 0 Å². The molecule has 0 bridgehead atoms. The molecule has 0 radical (unpaired) electrons. The topological polar surface area (TPSA) is 84.9 Å². The van der Waals surface area contributed by atoms with Crippen molar-refractivity contribution in [3.05, 3.63) is 93.6 Å². The second kappa shape index (κ2) is 10.1. The van der Waals surface area contributed by atoms with E-state index in [4.69, 9.17) is 9.47 Å². The third-order valence-electron chi connectivity index (χ3n) is 5.87. The third-order valence-corrected chi connectivity index (χ3v) is 5.87. The van der Waals surface area contributed by atoms with E-state index in [1.165, 1.54) is 13.2 Å². The summed E-state index contributed by atoms with van der Waals surface area (Å²) in [4.78, 5) is 39.3. The van der Waals surface area contributed by atoms with E-state index in [-0.39, 0.29) is 5.57 Å². The zero-order valence-electron chi connectivity index (χ0n) is 21.0. The van der Waals surface area contributed by atoms with Gasteiger partial charge in [-0.3, -0.25) is 14.9 Å². The molecule has 1 aliphatic rings. The summed E-state index contributed by atoms with van der Waals surface area (Å²) in [6.45, 7) is 8.18.